The van der Waals surface area contributed by atoms with Crippen LogP contribution in [0.1, 0.15) is 30.0 Å². The average molecular weight is 365 g/mol. The van der Waals surface area contributed by atoms with Gasteiger partial charge >= 0.3 is 0 Å². The highest BCUT2D eigenvalue weighted by atomic mass is 32.2. The summed E-state index contributed by atoms with van der Waals surface area (Å²) in [7, 11) is 0. The molecule has 0 spiro atoms. The van der Waals surface area contributed by atoms with Crippen molar-refractivity contribution in [1.29, 1.82) is 0 Å². The summed E-state index contributed by atoms with van der Waals surface area (Å²) in [6.07, 6.45) is 0.745. The zero-order valence-corrected chi connectivity index (χ0v) is 16.5. The molecule has 0 fully saturated rings. The zero-order valence-electron chi connectivity index (χ0n) is 15.7. The third-order valence-corrected chi connectivity index (χ3v) is 5.84. The first-order valence-electron chi connectivity index (χ1n) is 8.89. The minimum Gasteiger partial charge on any atom is -0.325 e. The number of anilines is 1. The molecule has 1 unspecified atom stereocenters. The van der Waals surface area contributed by atoms with Crippen molar-refractivity contribution in [1.82, 2.24) is 4.98 Å². The molecule has 2 aromatic carbocycles. The topological polar surface area (TPSA) is 42.0 Å². The number of carbonyl (C=O) groups excluding carboxylic acids is 1. The lowest BCUT2D eigenvalue weighted by Crippen LogP contribution is -2.25. The third kappa shape index (κ3) is 3.91. The Morgan fingerprint density at radius 3 is 2.42 bits per heavy atom. The number of amides is 1. The molecule has 1 atom stereocenters. The van der Waals surface area contributed by atoms with Gasteiger partial charge in [-0.3, -0.25) is 4.79 Å². The molecule has 0 aliphatic carbocycles. The van der Waals surface area contributed by atoms with Gasteiger partial charge in [0.05, 0.1) is 15.8 Å². The standard InChI is InChI=1S/C22H24N2OS/c1-5-19(22(25)24-21-14(2)9-8-10-15(21)3)26-20-13-16(4)17-11-6-7-12-18(17)23-20/h6-13,19H,5H2,1-4H3,(H,24,25). The van der Waals surface area contributed by atoms with Crippen LogP contribution in [0.2, 0.25) is 0 Å². The van der Waals surface area contributed by atoms with E-state index in [0.29, 0.717) is 0 Å². The molecular formula is C22H24N2OS. The molecule has 1 N–H and O–H groups in total. The summed E-state index contributed by atoms with van der Waals surface area (Å²) >= 11 is 1.53. The largest absolute Gasteiger partial charge is 0.325 e. The number of aryl methyl sites for hydroxylation is 3. The van der Waals surface area contributed by atoms with Crippen molar-refractivity contribution >= 4 is 34.3 Å². The maximum Gasteiger partial charge on any atom is 0.237 e. The van der Waals surface area contributed by atoms with Crippen LogP contribution in [0, 0.1) is 20.8 Å². The van der Waals surface area contributed by atoms with Crippen LogP contribution in [0.5, 0.6) is 0 Å². The Bertz CT molecular complexity index is 932. The smallest absolute Gasteiger partial charge is 0.237 e. The predicted octanol–water partition coefficient (Wildman–Crippen LogP) is 5.67. The fraction of sp³-hybridized carbons (Fsp3) is 0.273. The minimum absolute atomic E-state index is 0.0301. The number of nitrogens with zero attached hydrogens (tertiary/aromatic N) is 1. The van der Waals surface area contributed by atoms with Crippen molar-refractivity contribution in [3.63, 3.8) is 0 Å². The van der Waals surface area contributed by atoms with E-state index in [1.54, 1.807) is 0 Å². The molecule has 0 saturated heterocycles. The number of rotatable bonds is 5. The lowest BCUT2D eigenvalue weighted by atomic mass is 10.1. The second kappa shape index (κ2) is 7.92. The Kier molecular flexibility index (Phi) is 5.62. The SMILES string of the molecule is CCC(Sc1cc(C)c2ccccc2n1)C(=O)Nc1c(C)cccc1C. The van der Waals surface area contributed by atoms with Gasteiger partial charge in [0.1, 0.15) is 0 Å². The second-order valence-electron chi connectivity index (χ2n) is 6.57. The molecule has 0 bridgehead atoms. The van der Waals surface area contributed by atoms with Gasteiger partial charge in [0.25, 0.3) is 0 Å². The number of fused-ring (bicyclic) bond motifs is 1. The Morgan fingerprint density at radius 1 is 1.04 bits per heavy atom. The van der Waals surface area contributed by atoms with Crippen LogP contribution in [-0.2, 0) is 4.79 Å². The summed E-state index contributed by atoms with van der Waals surface area (Å²) in [5, 5.41) is 4.99. The molecular weight excluding hydrogens is 340 g/mol. The minimum atomic E-state index is -0.179. The molecule has 3 nitrogen and oxygen atoms in total. The number of carbonyl (C=O) groups is 1. The number of hydrogen-bond acceptors (Lipinski definition) is 3. The van der Waals surface area contributed by atoms with Gasteiger partial charge < -0.3 is 5.32 Å². The molecule has 0 saturated carbocycles. The van der Waals surface area contributed by atoms with Gasteiger partial charge in [0.2, 0.25) is 5.91 Å². The summed E-state index contributed by atoms with van der Waals surface area (Å²) in [6.45, 7) is 8.16. The van der Waals surface area contributed by atoms with E-state index in [2.05, 4.69) is 24.4 Å². The Balaban J connectivity index is 1.82. The van der Waals surface area contributed by atoms with Crippen LogP contribution in [0.25, 0.3) is 10.9 Å². The van der Waals surface area contributed by atoms with E-state index in [1.165, 1.54) is 17.3 Å². The highest BCUT2D eigenvalue weighted by Gasteiger charge is 2.20. The normalized spacial score (nSPS) is 12.2. The van der Waals surface area contributed by atoms with Crippen LogP contribution in [-0.4, -0.2) is 16.1 Å². The number of para-hydroxylation sites is 2. The number of hydrogen-bond donors (Lipinski definition) is 1. The van der Waals surface area contributed by atoms with Gasteiger partial charge in [-0.2, -0.15) is 0 Å². The quantitative estimate of drug-likeness (QED) is 0.593. The lowest BCUT2D eigenvalue weighted by molar-refractivity contribution is -0.115. The van der Waals surface area contributed by atoms with E-state index in [9.17, 15) is 4.79 Å². The third-order valence-electron chi connectivity index (χ3n) is 4.56. The summed E-state index contributed by atoms with van der Waals surface area (Å²) < 4.78 is 0. The number of thioether (sulfide) groups is 1. The van der Waals surface area contributed by atoms with Gasteiger partial charge in [-0.15, -0.1) is 0 Å². The highest BCUT2D eigenvalue weighted by Crippen LogP contribution is 2.29. The summed E-state index contributed by atoms with van der Waals surface area (Å²) in [6, 6.07) is 16.2. The van der Waals surface area contributed by atoms with E-state index in [1.807, 2.05) is 57.2 Å². The van der Waals surface area contributed by atoms with Crippen LogP contribution >= 0.6 is 11.8 Å². The number of aromatic nitrogens is 1. The van der Waals surface area contributed by atoms with Crippen molar-refractivity contribution in [3.8, 4) is 0 Å². The molecule has 3 aromatic rings. The van der Waals surface area contributed by atoms with Crippen molar-refractivity contribution in [3.05, 3.63) is 65.2 Å². The predicted molar refractivity (Wildman–Crippen MR) is 111 cm³/mol. The number of nitrogens with one attached hydrogen (secondary N) is 1. The fourth-order valence-electron chi connectivity index (χ4n) is 3.06. The highest BCUT2D eigenvalue weighted by molar-refractivity contribution is 8.00. The van der Waals surface area contributed by atoms with Crippen LogP contribution in [0.3, 0.4) is 0 Å². The van der Waals surface area contributed by atoms with Gasteiger partial charge in [-0.25, -0.2) is 4.98 Å². The molecule has 0 radical (unpaired) electrons. The average Bonchev–Trinajstić information content (AvgIpc) is 2.63. The maximum atomic E-state index is 12.8. The number of pyridine rings is 1. The molecule has 134 valence electrons. The number of benzene rings is 2. The Morgan fingerprint density at radius 2 is 1.73 bits per heavy atom. The molecule has 1 aromatic heterocycles. The van der Waals surface area contributed by atoms with Crippen molar-refractivity contribution in [2.45, 2.75) is 44.4 Å². The lowest BCUT2D eigenvalue weighted by Gasteiger charge is -2.17. The van der Waals surface area contributed by atoms with Crippen molar-refractivity contribution < 1.29 is 4.79 Å². The van der Waals surface area contributed by atoms with E-state index in [0.717, 1.165) is 39.2 Å². The molecule has 1 amide bonds. The molecule has 0 aliphatic heterocycles. The Labute approximate surface area is 159 Å². The van der Waals surface area contributed by atoms with Gasteiger partial charge in [-0.1, -0.05) is 55.1 Å². The van der Waals surface area contributed by atoms with Gasteiger partial charge in [0, 0.05) is 11.1 Å². The van der Waals surface area contributed by atoms with E-state index >= 15 is 0 Å². The van der Waals surface area contributed by atoms with E-state index in [4.69, 9.17) is 4.98 Å². The van der Waals surface area contributed by atoms with Crippen LogP contribution < -0.4 is 5.32 Å². The fourth-order valence-corrected chi connectivity index (χ4v) is 4.08. The molecule has 26 heavy (non-hydrogen) atoms. The molecule has 4 heteroatoms. The summed E-state index contributed by atoms with van der Waals surface area (Å²) in [4.78, 5) is 17.6. The maximum absolute atomic E-state index is 12.8. The van der Waals surface area contributed by atoms with Crippen molar-refractivity contribution in [2.24, 2.45) is 0 Å². The van der Waals surface area contributed by atoms with E-state index < -0.39 is 0 Å². The summed E-state index contributed by atoms with van der Waals surface area (Å²) in [5.41, 5.74) is 5.23. The monoisotopic (exact) mass is 364 g/mol. The summed E-state index contributed by atoms with van der Waals surface area (Å²) in [5.74, 6) is 0.0301. The molecule has 1 heterocycles. The van der Waals surface area contributed by atoms with E-state index in [-0.39, 0.29) is 11.2 Å². The second-order valence-corrected chi connectivity index (χ2v) is 7.79. The van der Waals surface area contributed by atoms with Gasteiger partial charge in [-0.05, 0) is 56.0 Å². The van der Waals surface area contributed by atoms with Crippen LogP contribution in [0.15, 0.2) is 53.6 Å². The first kappa shape index (κ1) is 18.5. The van der Waals surface area contributed by atoms with Crippen molar-refractivity contribution in [2.75, 3.05) is 5.32 Å². The van der Waals surface area contributed by atoms with Crippen LogP contribution in [0.4, 0.5) is 5.69 Å². The first-order valence-corrected chi connectivity index (χ1v) is 9.77. The zero-order chi connectivity index (χ0) is 18.7. The Hall–Kier alpha value is -2.33. The molecule has 3 rings (SSSR count). The first-order chi connectivity index (χ1) is 12.5. The molecule has 0 aliphatic rings. The van der Waals surface area contributed by atoms with Gasteiger partial charge in [0.15, 0.2) is 0 Å².